The number of furan rings is 1. The van der Waals surface area contributed by atoms with Gasteiger partial charge in [0, 0.05) is 11.1 Å². The molecule has 4 aromatic rings. The fourth-order valence-corrected chi connectivity index (χ4v) is 3.52. The summed E-state index contributed by atoms with van der Waals surface area (Å²) in [6.07, 6.45) is 0. The smallest absolute Gasteiger partial charge is 0.292 e. The summed E-state index contributed by atoms with van der Waals surface area (Å²) in [6, 6.07) is 21.0. The number of hydrogen-bond donors (Lipinski definition) is 2. The first kappa shape index (κ1) is 16.9. The zero-order valence-electron chi connectivity index (χ0n) is 14.1. The number of aromatic nitrogens is 2. The van der Waals surface area contributed by atoms with Crippen LogP contribution in [0.3, 0.4) is 0 Å². The van der Waals surface area contributed by atoms with Crippen molar-refractivity contribution in [2.75, 3.05) is 5.32 Å². The van der Waals surface area contributed by atoms with Gasteiger partial charge in [-0.3, -0.25) is 9.89 Å². The molecule has 0 aliphatic carbocycles. The van der Waals surface area contributed by atoms with E-state index >= 15 is 0 Å². The number of rotatable bonds is 5. The molecule has 27 heavy (non-hydrogen) atoms. The number of para-hydroxylation sites is 1. The normalized spacial score (nSPS) is 10.6. The SMILES string of the molecule is N#Cc1c(SCc2ccccc2)n[nH]c1NC(=O)c1cc2ccccc2o1. The van der Waals surface area contributed by atoms with Crippen molar-refractivity contribution in [2.45, 2.75) is 10.8 Å². The van der Waals surface area contributed by atoms with E-state index in [0.29, 0.717) is 21.9 Å². The van der Waals surface area contributed by atoms with Crippen LogP contribution in [0, 0.1) is 11.3 Å². The monoisotopic (exact) mass is 374 g/mol. The quantitative estimate of drug-likeness (QED) is 0.499. The number of benzene rings is 2. The summed E-state index contributed by atoms with van der Waals surface area (Å²) in [5, 5.41) is 20.4. The van der Waals surface area contributed by atoms with Gasteiger partial charge in [0.05, 0.1) is 0 Å². The average molecular weight is 374 g/mol. The van der Waals surface area contributed by atoms with Gasteiger partial charge in [0.25, 0.3) is 5.91 Å². The summed E-state index contributed by atoms with van der Waals surface area (Å²) in [6.45, 7) is 0. The van der Waals surface area contributed by atoms with Crippen LogP contribution in [0.1, 0.15) is 21.7 Å². The number of aromatic amines is 1. The molecule has 0 aliphatic heterocycles. The molecule has 132 valence electrons. The second kappa shape index (κ2) is 7.40. The molecule has 0 atom stereocenters. The molecule has 0 bridgehead atoms. The highest BCUT2D eigenvalue weighted by Gasteiger charge is 2.18. The predicted octanol–water partition coefficient (Wildman–Crippen LogP) is 4.57. The maximum atomic E-state index is 12.5. The first-order valence-corrected chi connectivity index (χ1v) is 9.18. The van der Waals surface area contributed by atoms with Crippen LogP contribution in [0.15, 0.2) is 70.1 Å². The lowest BCUT2D eigenvalue weighted by Gasteiger charge is -2.01. The summed E-state index contributed by atoms with van der Waals surface area (Å²) >= 11 is 1.43. The van der Waals surface area contributed by atoms with Gasteiger partial charge in [-0.05, 0) is 17.7 Å². The van der Waals surface area contributed by atoms with Crippen molar-refractivity contribution in [1.82, 2.24) is 10.2 Å². The minimum Gasteiger partial charge on any atom is -0.451 e. The minimum atomic E-state index is -0.439. The summed E-state index contributed by atoms with van der Waals surface area (Å²) in [4.78, 5) is 12.5. The summed E-state index contributed by atoms with van der Waals surface area (Å²) in [5.74, 6) is 0.676. The number of carbonyl (C=O) groups is 1. The predicted molar refractivity (Wildman–Crippen MR) is 103 cm³/mol. The number of hydrogen-bond acceptors (Lipinski definition) is 5. The zero-order valence-corrected chi connectivity index (χ0v) is 14.9. The van der Waals surface area contributed by atoms with Crippen molar-refractivity contribution in [3.05, 3.63) is 77.6 Å². The molecule has 2 heterocycles. The average Bonchev–Trinajstić information content (AvgIpc) is 3.30. The molecule has 6 nitrogen and oxygen atoms in total. The van der Waals surface area contributed by atoms with E-state index in [0.717, 1.165) is 10.9 Å². The van der Waals surface area contributed by atoms with Gasteiger partial charge in [-0.25, -0.2) is 0 Å². The van der Waals surface area contributed by atoms with Crippen molar-refractivity contribution in [2.24, 2.45) is 0 Å². The van der Waals surface area contributed by atoms with Crippen LogP contribution >= 0.6 is 11.8 Å². The van der Waals surface area contributed by atoms with Gasteiger partial charge >= 0.3 is 0 Å². The highest BCUT2D eigenvalue weighted by Crippen LogP contribution is 2.28. The molecule has 2 aromatic carbocycles. The van der Waals surface area contributed by atoms with Crippen LogP contribution in [-0.2, 0) is 5.75 Å². The Morgan fingerprint density at radius 2 is 1.96 bits per heavy atom. The minimum absolute atomic E-state index is 0.174. The van der Waals surface area contributed by atoms with Gasteiger partial charge in [0.2, 0.25) is 0 Å². The molecule has 2 aromatic heterocycles. The number of thioether (sulfide) groups is 1. The lowest BCUT2D eigenvalue weighted by Crippen LogP contribution is -2.12. The maximum absolute atomic E-state index is 12.5. The third-order valence-electron chi connectivity index (χ3n) is 3.95. The molecule has 4 rings (SSSR count). The summed E-state index contributed by atoms with van der Waals surface area (Å²) < 4.78 is 5.55. The number of nitrogens with zero attached hydrogens (tertiary/aromatic N) is 2. The molecular formula is C20H14N4O2S. The standard InChI is InChI=1S/C20H14N4O2S/c21-11-15-18(23-24-20(15)27-12-13-6-2-1-3-7-13)22-19(25)17-10-14-8-4-5-9-16(14)26-17/h1-10H,12H2,(H2,22,23,24,25). The third kappa shape index (κ3) is 3.57. The zero-order chi connectivity index (χ0) is 18.6. The van der Waals surface area contributed by atoms with Crippen LogP contribution in [0.2, 0.25) is 0 Å². The van der Waals surface area contributed by atoms with Crippen molar-refractivity contribution in [3.8, 4) is 6.07 Å². The molecule has 0 radical (unpaired) electrons. The third-order valence-corrected chi connectivity index (χ3v) is 5.00. The Kier molecular flexibility index (Phi) is 4.64. The molecule has 1 amide bonds. The van der Waals surface area contributed by atoms with E-state index in [4.69, 9.17) is 4.42 Å². The van der Waals surface area contributed by atoms with Crippen molar-refractivity contribution in [1.29, 1.82) is 5.26 Å². The molecule has 2 N–H and O–H groups in total. The van der Waals surface area contributed by atoms with Crippen molar-refractivity contribution in [3.63, 3.8) is 0 Å². The second-order valence-electron chi connectivity index (χ2n) is 5.77. The molecule has 0 fully saturated rings. The highest BCUT2D eigenvalue weighted by molar-refractivity contribution is 7.98. The summed E-state index contributed by atoms with van der Waals surface area (Å²) in [7, 11) is 0. The van der Waals surface area contributed by atoms with E-state index < -0.39 is 5.91 Å². The van der Waals surface area contributed by atoms with Crippen LogP contribution in [0.25, 0.3) is 11.0 Å². The Morgan fingerprint density at radius 1 is 1.19 bits per heavy atom. The van der Waals surface area contributed by atoms with Gasteiger partial charge < -0.3 is 9.73 Å². The Labute approximate surface area is 159 Å². The number of nitriles is 1. The van der Waals surface area contributed by atoms with Crippen LogP contribution < -0.4 is 5.32 Å². The van der Waals surface area contributed by atoms with Gasteiger partial charge in [0.15, 0.2) is 5.76 Å². The van der Waals surface area contributed by atoms with E-state index in [1.165, 1.54) is 11.8 Å². The van der Waals surface area contributed by atoms with Gasteiger partial charge in [-0.2, -0.15) is 10.4 Å². The molecule has 0 unspecified atom stereocenters. The molecule has 0 spiro atoms. The number of anilines is 1. The highest BCUT2D eigenvalue weighted by atomic mass is 32.2. The second-order valence-corrected chi connectivity index (χ2v) is 6.73. The Bertz CT molecular complexity index is 1110. The first-order chi connectivity index (χ1) is 13.2. The lowest BCUT2D eigenvalue weighted by molar-refractivity contribution is 0.0998. The first-order valence-electron chi connectivity index (χ1n) is 8.19. The van der Waals surface area contributed by atoms with E-state index in [2.05, 4.69) is 21.6 Å². The number of carbonyl (C=O) groups excluding carboxylic acids is 1. The molecule has 0 saturated heterocycles. The van der Waals surface area contributed by atoms with E-state index in [1.807, 2.05) is 48.5 Å². The molecule has 7 heteroatoms. The number of amides is 1. The number of H-pyrrole nitrogens is 1. The van der Waals surface area contributed by atoms with Crippen LogP contribution in [0.4, 0.5) is 5.82 Å². The number of nitrogens with one attached hydrogen (secondary N) is 2. The maximum Gasteiger partial charge on any atom is 0.292 e. The van der Waals surface area contributed by atoms with E-state index in [1.54, 1.807) is 12.1 Å². The topological polar surface area (TPSA) is 94.7 Å². The molecule has 0 aliphatic rings. The Hall–Kier alpha value is -3.50. The number of fused-ring (bicyclic) bond motifs is 1. The molecular weight excluding hydrogens is 360 g/mol. The van der Waals surface area contributed by atoms with E-state index in [9.17, 15) is 10.1 Å². The van der Waals surface area contributed by atoms with Crippen LogP contribution in [0.5, 0.6) is 0 Å². The molecule has 0 saturated carbocycles. The van der Waals surface area contributed by atoms with Gasteiger partial charge in [0.1, 0.15) is 28.1 Å². The van der Waals surface area contributed by atoms with Crippen molar-refractivity contribution < 1.29 is 9.21 Å². The summed E-state index contributed by atoms with van der Waals surface area (Å²) in [5.41, 5.74) is 2.06. The fourth-order valence-electron chi connectivity index (χ4n) is 2.62. The van der Waals surface area contributed by atoms with E-state index in [-0.39, 0.29) is 11.6 Å². The fraction of sp³-hybridized carbons (Fsp3) is 0.0500. The van der Waals surface area contributed by atoms with Crippen molar-refractivity contribution >= 4 is 34.5 Å². The van der Waals surface area contributed by atoms with Gasteiger partial charge in [-0.1, -0.05) is 60.3 Å². The van der Waals surface area contributed by atoms with Gasteiger partial charge in [-0.15, -0.1) is 0 Å². The lowest BCUT2D eigenvalue weighted by atomic mass is 10.2. The van der Waals surface area contributed by atoms with Crippen LogP contribution in [-0.4, -0.2) is 16.1 Å². The largest absolute Gasteiger partial charge is 0.451 e. The Morgan fingerprint density at radius 3 is 2.74 bits per heavy atom. The Balaban J connectivity index is 1.51.